The van der Waals surface area contributed by atoms with Crippen LogP contribution in [0.5, 0.6) is 0 Å². The van der Waals surface area contributed by atoms with Gasteiger partial charge in [0, 0.05) is 0 Å². The molecule has 1 nitrogen and oxygen atoms in total. The molecule has 0 radical (unpaired) electrons. The van der Waals surface area contributed by atoms with E-state index in [4.69, 9.17) is 0 Å². The van der Waals surface area contributed by atoms with Crippen LogP contribution in [0.15, 0.2) is 11.6 Å². The van der Waals surface area contributed by atoms with Gasteiger partial charge in [-0.05, 0) is 45.6 Å². The van der Waals surface area contributed by atoms with Crippen LogP contribution >= 0.6 is 0 Å². The Bertz CT molecular complexity index is 424. The van der Waals surface area contributed by atoms with Crippen molar-refractivity contribution in [1.82, 2.24) is 0 Å². The van der Waals surface area contributed by atoms with E-state index < -0.39 is 0 Å². The second-order valence-electron chi connectivity index (χ2n) is 12.9. The fraction of sp³-hybridized carbons (Fsp3) is 0.946. The first-order valence-electron chi connectivity index (χ1n) is 18.2. The van der Waals surface area contributed by atoms with E-state index in [9.17, 15) is 0 Å². The summed E-state index contributed by atoms with van der Waals surface area (Å²) in [6.07, 6.45) is 43.3. The maximum atomic E-state index is 2.48. The minimum Gasteiger partial charge on any atom is -1.00 e. The zero-order chi connectivity index (χ0) is 27.8. The van der Waals surface area contributed by atoms with Crippen molar-refractivity contribution in [2.75, 3.05) is 19.6 Å². The number of hydrogen-bond donors (Lipinski definition) is 1. The van der Waals surface area contributed by atoms with Crippen molar-refractivity contribution < 1.29 is 17.3 Å². The lowest BCUT2D eigenvalue weighted by molar-refractivity contribution is -0.894. The molecule has 39 heavy (non-hydrogen) atoms. The molecular weight excluding hydrogens is 494 g/mol. The summed E-state index contributed by atoms with van der Waals surface area (Å²) in [6.45, 7) is 13.2. The zero-order valence-electron chi connectivity index (χ0n) is 27.9. The first-order valence-corrected chi connectivity index (χ1v) is 18.2. The molecule has 0 aromatic heterocycles. The van der Waals surface area contributed by atoms with Crippen molar-refractivity contribution >= 4 is 0 Å². The van der Waals surface area contributed by atoms with Crippen LogP contribution in [0.1, 0.15) is 207 Å². The van der Waals surface area contributed by atoms with Crippen LogP contribution < -0.4 is 17.3 Å². The van der Waals surface area contributed by atoms with Crippen molar-refractivity contribution in [2.45, 2.75) is 207 Å². The lowest BCUT2D eigenvalue weighted by atomic mass is 10.0. The fourth-order valence-corrected chi connectivity index (χ4v) is 5.82. The first-order chi connectivity index (χ1) is 18.7. The smallest absolute Gasteiger partial charge is 0.0960 e. The van der Waals surface area contributed by atoms with E-state index in [1.807, 2.05) is 4.90 Å². The number of hydrogen-bond acceptors (Lipinski definition) is 0. The molecule has 0 aromatic carbocycles. The van der Waals surface area contributed by atoms with Crippen molar-refractivity contribution in [1.29, 1.82) is 0 Å². The molecule has 0 rings (SSSR count). The highest BCUT2D eigenvalue weighted by Crippen LogP contribution is 2.14. The third-order valence-corrected chi connectivity index (χ3v) is 8.57. The molecule has 0 aliphatic carbocycles. The van der Waals surface area contributed by atoms with Crippen LogP contribution in [0.3, 0.4) is 0 Å². The molecule has 0 heterocycles. The average Bonchev–Trinajstić information content (AvgIpc) is 2.91. The molecule has 0 spiro atoms. The Morgan fingerprint density at radius 3 is 0.846 bits per heavy atom. The zero-order valence-corrected chi connectivity index (χ0v) is 28.6. The van der Waals surface area contributed by atoms with Crippen LogP contribution in [0.2, 0.25) is 0 Å². The second-order valence-corrected chi connectivity index (χ2v) is 12.9. The van der Waals surface area contributed by atoms with Gasteiger partial charge in [0.05, 0.1) is 19.6 Å². The highest BCUT2D eigenvalue weighted by atomic mass is 35.5. The molecule has 0 saturated carbocycles. The number of halogens is 1. The molecule has 0 aliphatic rings. The Labute approximate surface area is 255 Å². The minimum absolute atomic E-state index is 0. The molecule has 236 valence electrons. The Morgan fingerprint density at radius 2 is 0.615 bits per heavy atom. The molecule has 0 fully saturated rings. The average molecular weight is 570 g/mol. The summed E-state index contributed by atoms with van der Waals surface area (Å²) in [6, 6.07) is 0. The van der Waals surface area contributed by atoms with E-state index in [2.05, 4.69) is 33.8 Å². The van der Waals surface area contributed by atoms with Gasteiger partial charge in [-0.1, -0.05) is 174 Å². The van der Waals surface area contributed by atoms with E-state index in [1.54, 1.807) is 0 Å². The van der Waals surface area contributed by atoms with Crippen molar-refractivity contribution in [2.24, 2.45) is 0 Å². The van der Waals surface area contributed by atoms with E-state index in [1.165, 1.54) is 205 Å². The standard InChI is InChI=1S/C37H75N.ClH/c1-5-7-9-11-13-15-17-19-21-23-25-27-29-31-34-38(36-33-37(3)4)35-32-30-28-26-24-22-20-18-16-14-12-10-8-6-2;/h33H,5-32,34-36H2,1-4H3;1H. The van der Waals surface area contributed by atoms with Crippen LogP contribution in [0.4, 0.5) is 0 Å². The van der Waals surface area contributed by atoms with Gasteiger partial charge in [0.2, 0.25) is 0 Å². The summed E-state index contributed by atoms with van der Waals surface area (Å²) >= 11 is 0. The van der Waals surface area contributed by atoms with Gasteiger partial charge in [-0.25, -0.2) is 0 Å². The maximum Gasteiger partial charge on any atom is 0.0960 e. The molecule has 0 bridgehead atoms. The van der Waals surface area contributed by atoms with Gasteiger partial charge in [-0.2, -0.15) is 0 Å². The summed E-state index contributed by atoms with van der Waals surface area (Å²) in [5.74, 6) is 0. The topological polar surface area (TPSA) is 4.44 Å². The molecule has 2 heteroatoms. The molecule has 0 amide bonds. The van der Waals surface area contributed by atoms with Crippen LogP contribution in [0, 0.1) is 0 Å². The first kappa shape index (κ1) is 41.1. The van der Waals surface area contributed by atoms with Gasteiger partial charge in [0.1, 0.15) is 0 Å². The Balaban J connectivity index is 0. The van der Waals surface area contributed by atoms with Gasteiger partial charge in [0.15, 0.2) is 0 Å². The summed E-state index contributed by atoms with van der Waals surface area (Å²) < 4.78 is 0. The molecule has 0 aliphatic heterocycles. The SMILES string of the molecule is CCCCCCCCCCCCCCCC[NH+](CC=C(C)C)CCCCCCCCCCCCCCCC.[Cl-]. The number of rotatable bonds is 32. The van der Waals surface area contributed by atoms with Crippen LogP contribution in [0.25, 0.3) is 0 Å². The third kappa shape index (κ3) is 36.0. The number of unbranched alkanes of at least 4 members (excludes halogenated alkanes) is 26. The largest absolute Gasteiger partial charge is 1.00 e. The molecule has 0 saturated heterocycles. The molecule has 0 atom stereocenters. The lowest BCUT2D eigenvalue weighted by Gasteiger charge is -2.18. The van der Waals surface area contributed by atoms with Gasteiger partial charge >= 0.3 is 0 Å². The van der Waals surface area contributed by atoms with Crippen molar-refractivity contribution in [3.8, 4) is 0 Å². The fourth-order valence-electron chi connectivity index (χ4n) is 5.82. The Kier molecular flexibility index (Phi) is 38.0. The number of quaternary nitrogens is 1. The molecule has 1 N–H and O–H groups in total. The molecule has 0 unspecified atom stereocenters. The maximum absolute atomic E-state index is 2.48. The van der Waals surface area contributed by atoms with Gasteiger partial charge < -0.3 is 17.3 Å². The third-order valence-electron chi connectivity index (χ3n) is 8.57. The van der Waals surface area contributed by atoms with E-state index in [-0.39, 0.29) is 12.4 Å². The van der Waals surface area contributed by atoms with Crippen LogP contribution in [-0.4, -0.2) is 19.6 Å². The highest BCUT2D eigenvalue weighted by molar-refractivity contribution is 4.92. The summed E-state index contributed by atoms with van der Waals surface area (Å²) in [4.78, 5) is 1.84. The van der Waals surface area contributed by atoms with E-state index >= 15 is 0 Å². The monoisotopic (exact) mass is 570 g/mol. The summed E-state index contributed by atoms with van der Waals surface area (Å²) in [7, 11) is 0. The molecular formula is C37H76ClN. The molecule has 0 aromatic rings. The second kappa shape index (κ2) is 36.0. The number of allylic oxidation sites excluding steroid dienone is 1. The van der Waals surface area contributed by atoms with E-state index in [0.717, 1.165) is 0 Å². The van der Waals surface area contributed by atoms with Crippen LogP contribution in [-0.2, 0) is 0 Å². The van der Waals surface area contributed by atoms with Crippen molar-refractivity contribution in [3.63, 3.8) is 0 Å². The van der Waals surface area contributed by atoms with Crippen molar-refractivity contribution in [3.05, 3.63) is 11.6 Å². The highest BCUT2D eigenvalue weighted by Gasteiger charge is 2.07. The lowest BCUT2D eigenvalue weighted by Crippen LogP contribution is -3.11. The van der Waals surface area contributed by atoms with Gasteiger partial charge in [-0.3, -0.25) is 0 Å². The Morgan fingerprint density at radius 1 is 0.385 bits per heavy atom. The predicted molar refractivity (Wildman–Crippen MR) is 176 cm³/mol. The number of nitrogens with one attached hydrogen (secondary N) is 1. The summed E-state index contributed by atoms with van der Waals surface area (Å²) in [5, 5.41) is 0. The quantitative estimate of drug-likeness (QED) is 0.0609. The normalized spacial score (nSPS) is 11.2. The minimum atomic E-state index is 0. The predicted octanol–water partition coefficient (Wildman–Crippen LogP) is 8.80. The van der Waals surface area contributed by atoms with Gasteiger partial charge in [-0.15, -0.1) is 0 Å². The van der Waals surface area contributed by atoms with Gasteiger partial charge in [0.25, 0.3) is 0 Å². The Hall–Kier alpha value is -0.0100. The van der Waals surface area contributed by atoms with E-state index in [0.29, 0.717) is 0 Å². The summed E-state index contributed by atoms with van der Waals surface area (Å²) in [5.41, 5.74) is 1.49.